The van der Waals surface area contributed by atoms with E-state index in [1.165, 1.54) is 19.2 Å². The fraction of sp³-hybridized carbons (Fsp3) is 0.316. The summed E-state index contributed by atoms with van der Waals surface area (Å²) in [5.41, 5.74) is 2.10. The third-order valence-electron chi connectivity index (χ3n) is 4.05. The molecule has 7 nitrogen and oxygen atoms in total. The molecule has 1 atom stereocenters. The molecule has 1 unspecified atom stereocenters. The van der Waals surface area contributed by atoms with Gasteiger partial charge in [-0.25, -0.2) is 9.07 Å². The highest BCUT2D eigenvalue weighted by Gasteiger charge is 2.16. The number of pyridine rings is 1. The first-order chi connectivity index (χ1) is 13.0. The SMILES string of the molecule is CCC(O)Cc1nc(Nc2cc(F)cc(OC)c2)nn1-c1ccnc(C)c1. The highest BCUT2D eigenvalue weighted by Crippen LogP contribution is 2.23. The van der Waals surface area contributed by atoms with E-state index in [1.807, 2.05) is 26.0 Å². The van der Waals surface area contributed by atoms with Gasteiger partial charge >= 0.3 is 0 Å². The smallest absolute Gasteiger partial charge is 0.247 e. The van der Waals surface area contributed by atoms with E-state index in [0.717, 1.165) is 11.4 Å². The Morgan fingerprint density at radius 2 is 2.11 bits per heavy atom. The molecule has 27 heavy (non-hydrogen) atoms. The van der Waals surface area contributed by atoms with Gasteiger partial charge in [-0.3, -0.25) is 4.98 Å². The quantitative estimate of drug-likeness (QED) is 0.664. The molecular weight excluding hydrogens is 349 g/mol. The highest BCUT2D eigenvalue weighted by atomic mass is 19.1. The maximum Gasteiger partial charge on any atom is 0.247 e. The number of hydrogen-bond acceptors (Lipinski definition) is 6. The molecule has 0 fully saturated rings. The third kappa shape index (κ3) is 4.59. The van der Waals surface area contributed by atoms with Crippen LogP contribution in [0, 0.1) is 12.7 Å². The molecule has 142 valence electrons. The molecule has 0 saturated heterocycles. The number of aliphatic hydroxyl groups excluding tert-OH is 1. The van der Waals surface area contributed by atoms with E-state index in [4.69, 9.17) is 4.74 Å². The first-order valence-corrected chi connectivity index (χ1v) is 8.67. The maximum absolute atomic E-state index is 13.7. The standard InChI is InChI=1S/C19H22FN5O2/c1-4-16(26)11-18-23-19(22-14-8-13(20)9-17(10-14)27-3)24-25(18)15-5-6-21-12(2)7-15/h5-10,16,26H,4,11H2,1-3H3,(H,22,24). The van der Waals surface area contributed by atoms with Crippen LogP contribution < -0.4 is 10.1 Å². The predicted molar refractivity (Wildman–Crippen MR) is 100 cm³/mol. The summed E-state index contributed by atoms with van der Waals surface area (Å²) in [7, 11) is 1.47. The summed E-state index contributed by atoms with van der Waals surface area (Å²) < 4.78 is 20.5. The lowest BCUT2D eigenvalue weighted by Gasteiger charge is -2.09. The lowest BCUT2D eigenvalue weighted by Crippen LogP contribution is -2.13. The van der Waals surface area contributed by atoms with E-state index in [0.29, 0.717) is 36.1 Å². The van der Waals surface area contributed by atoms with Gasteiger partial charge in [0.2, 0.25) is 5.95 Å². The van der Waals surface area contributed by atoms with E-state index >= 15 is 0 Å². The number of halogens is 1. The molecule has 2 heterocycles. The molecule has 2 N–H and O–H groups in total. The Balaban J connectivity index is 1.97. The molecule has 3 rings (SSSR count). The van der Waals surface area contributed by atoms with Gasteiger partial charge in [-0.05, 0) is 31.5 Å². The second kappa shape index (κ2) is 8.13. The normalized spacial score (nSPS) is 12.0. The molecular formula is C19H22FN5O2. The maximum atomic E-state index is 13.7. The molecule has 0 spiro atoms. The Kier molecular flexibility index (Phi) is 5.66. The molecule has 0 amide bonds. The van der Waals surface area contributed by atoms with Crippen LogP contribution in [0.3, 0.4) is 0 Å². The van der Waals surface area contributed by atoms with E-state index in [1.54, 1.807) is 16.9 Å². The van der Waals surface area contributed by atoms with Crippen molar-refractivity contribution in [3.8, 4) is 11.4 Å². The molecule has 8 heteroatoms. The Morgan fingerprint density at radius 1 is 1.30 bits per heavy atom. The zero-order valence-corrected chi connectivity index (χ0v) is 15.5. The van der Waals surface area contributed by atoms with Crippen LogP contribution in [0.1, 0.15) is 24.9 Å². The van der Waals surface area contributed by atoms with E-state index < -0.39 is 11.9 Å². The van der Waals surface area contributed by atoms with Gasteiger partial charge < -0.3 is 15.2 Å². The summed E-state index contributed by atoms with van der Waals surface area (Å²) >= 11 is 0. The summed E-state index contributed by atoms with van der Waals surface area (Å²) in [6.45, 7) is 3.79. The Labute approximate surface area is 156 Å². The highest BCUT2D eigenvalue weighted by molar-refractivity contribution is 5.56. The third-order valence-corrected chi connectivity index (χ3v) is 4.05. The minimum absolute atomic E-state index is 0.301. The van der Waals surface area contributed by atoms with Crippen LogP contribution in [-0.4, -0.2) is 38.1 Å². The number of nitrogens with zero attached hydrogens (tertiary/aromatic N) is 4. The van der Waals surface area contributed by atoms with Gasteiger partial charge in [-0.1, -0.05) is 6.92 Å². The number of hydrogen-bond donors (Lipinski definition) is 2. The average molecular weight is 371 g/mol. The number of aryl methyl sites for hydroxylation is 1. The van der Waals surface area contributed by atoms with Crippen molar-refractivity contribution >= 4 is 11.6 Å². The molecule has 3 aromatic rings. The van der Waals surface area contributed by atoms with E-state index in [9.17, 15) is 9.50 Å². The van der Waals surface area contributed by atoms with Crippen molar-refractivity contribution in [2.24, 2.45) is 0 Å². The minimum Gasteiger partial charge on any atom is -0.497 e. The number of benzene rings is 1. The van der Waals surface area contributed by atoms with Gasteiger partial charge in [-0.15, -0.1) is 5.10 Å². The summed E-state index contributed by atoms with van der Waals surface area (Å²) in [6, 6.07) is 7.98. The predicted octanol–water partition coefficient (Wildman–Crippen LogP) is 3.18. The van der Waals surface area contributed by atoms with Gasteiger partial charge in [0.1, 0.15) is 17.4 Å². The van der Waals surface area contributed by atoms with Crippen LogP contribution in [0.5, 0.6) is 5.75 Å². The molecule has 0 aliphatic rings. The van der Waals surface area contributed by atoms with Crippen LogP contribution in [-0.2, 0) is 6.42 Å². The molecule has 0 radical (unpaired) electrons. The zero-order valence-electron chi connectivity index (χ0n) is 15.5. The van der Waals surface area contributed by atoms with Crippen molar-refractivity contribution in [3.63, 3.8) is 0 Å². The number of ether oxygens (including phenoxy) is 1. The second-order valence-electron chi connectivity index (χ2n) is 6.19. The summed E-state index contributed by atoms with van der Waals surface area (Å²) in [6.07, 6.45) is 2.11. The van der Waals surface area contributed by atoms with Crippen molar-refractivity contribution in [2.75, 3.05) is 12.4 Å². The minimum atomic E-state index is -0.530. The Hall–Kier alpha value is -3.00. The first kappa shape index (κ1) is 18.8. The van der Waals surface area contributed by atoms with Gasteiger partial charge in [0.05, 0.1) is 18.9 Å². The number of anilines is 2. The lowest BCUT2D eigenvalue weighted by molar-refractivity contribution is 0.167. The van der Waals surface area contributed by atoms with Crippen LogP contribution in [0.25, 0.3) is 5.69 Å². The molecule has 0 aliphatic carbocycles. The van der Waals surface area contributed by atoms with Crippen LogP contribution in [0.2, 0.25) is 0 Å². The molecule has 2 aromatic heterocycles. The van der Waals surface area contributed by atoms with Gasteiger partial charge in [0, 0.05) is 36.1 Å². The second-order valence-corrected chi connectivity index (χ2v) is 6.19. The van der Waals surface area contributed by atoms with Crippen molar-refractivity contribution in [3.05, 3.63) is 53.9 Å². The average Bonchev–Trinajstić information content (AvgIpc) is 3.03. The Morgan fingerprint density at radius 3 is 2.81 bits per heavy atom. The zero-order chi connectivity index (χ0) is 19.4. The molecule has 0 aliphatic heterocycles. The van der Waals surface area contributed by atoms with Gasteiger partial charge in [0.25, 0.3) is 0 Å². The van der Waals surface area contributed by atoms with Crippen LogP contribution in [0.15, 0.2) is 36.5 Å². The monoisotopic (exact) mass is 371 g/mol. The number of aliphatic hydroxyl groups is 1. The van der Waals surface area contributed by atoms with Crippen molar-refractivity contribution in [1.29, 1.82) is 0 Å². The van der Waals surface area contributed by atoms with Gasteiger partial charge in [0.15, 0.2) is 0 Å². The van der Waals surface area contributed by atoms with Crippen LogP contribution >= 0.6 is 0 Å². The molecule has 0 bridgehead atoms. The number of aromatic nitrogens is 4. The van der Waals surface area contributed by atoms with Crippen molar-refractivity contribution in [1.82, 2.24) is 19.7 Å². The topological polar surface area (TPSA) is 85.1 Å². The molecule has 0 saturated carbocycles. The fourth-order valence-corrected chi connectivity index (χ4v) is 2.64. The first-order valence-electron chi connectivity index (χ1n) is 8.67. The molecule has 1 aromatic carbocycles. The fourth-order valence-electron chi connectivity index (χ4n) is 2.64. The van der Waals surface area contributed by atoms with Gasteiger partial charge in [-0.2, -0.15) is 4.98 Å². The van der Waals surface area contributed by atoms with E-state index in [2.05, 4.69) is 20.4 Å². The van der Waals surface area contributed by atoms with Crippen molar-refractivity contribution in [2.45, 2.75) is 32.8 Å². The number of rotatable bonds is 7. The van der Waals surface area contributed by atoms with Crippen molar-refractivity contribution < 1.29 is 14.2 Å². The lowest BCUT2D eigenvalue weighted by atomic mass is 10.2. The largest absolute Gasteiger partial charge is 0.497 e. The van der Waals surface area contributed by atoms with Crippen LogP contribution in [0.4, 0.5) is 16.0 Å². The summed E-state index contributed by atoms with van der Waals surface area (Å²) in [5.74, 6) is 0.863. The summed E-state index contributed by atoms with van der Waals surface area (Å²) in [5, 5.41) is 17.5. The number of methoxy groups -OCH3 is 1. The van der Waals surface area contributed by atoms with E-state index in [-0.39, 0.29) is 0 Å². The summed E-state index contributed by atoms with van der Waals surface area (Å²) in [4.78, 5) is 8.68. The Bertz CT molecular complexity index is 928. The number of nitrogens with one attached hydrogen (secondary N) is 1.